The van der Waals surface area contributed by atoms with Gasteiger partial charge in [-0.15, -0.1) is 0 Å². The Balaban J connectivity index is 2.50. The molecule has 0 amide bonds. The van der Waals surface area contributed by atoms with Crippen LogP contribution in [0.4, 0.5) is 0 Å². The fourth-order valence-electron chi connectivity index (χ4n) is 1.14. The minimum absolute atomic E-state index is 0.0924. The molecule has 0 atom stereocenters. The molecule has 0 saturated carbocycles. The zero-order valence-corrected chi connectivity index (χ0v) is 7.06. The highest BCUT2D eigenvalue weighted by Gasteiger charge is 2.05. The van der Waals surface area contributed by atoms with Crippen LogP contribution < -0.4 is 0 Å². The van der Waals surface area contributed by atoms with E-state index >= 15 is 0 Å². The van der Waals surface area contributed by atoms with E-state index in [0.717, 1.165) is 19.3 Å². The zero-order chi connectivity index (χ0) is 8.81. The number of carbonyl (C=O) groups excluding carboxylic acids is 2. The Labute approximate surface area is 72.3 Å². The lowest BCUT2D eigenvalue weighted by Crippen LogP contribution is -2.03. The molecule has 64 valence electrons. The monoisotopic (exact) mass is 164 g/mol. The summed E-state index contributed by atoms with van der Waals surface area (Å²) in [6.45, 7) is 0. The second-order valence-corrected chi connectivity index (χ2v) is 2.97. The Kier molecular flexibility index (Phi) is 3.53. The van der Waals surface area contributed by atoms with Crippen molar-refractivity contribution >= 4 is 11.6 Å². The first kappa shape index (κ1) is 8.99. The van der Waals surface area contributed by atoms with Crippen LogP contribution in [0.3, 0.4) is 0 Å². The molecule has 2 heteroatoms. The van der Waals surface area contributed by atoms with Crippen molar-refractivity contribution in [3.05, 3.63) is 0 Å². The average Bonchev–Trinajstić information content (AvgIpc) is 2.07. The van der Waals surface area contributed by atoms with Crippen LogP contribution in [0.15, 0.2) is 0 Å². The van der Waals surface area contributed by atoms with Crippen molar-refractivity contribution in [2.75, 3.05) is 0 Å². The molecule has 0 unspecified atom stereocenters. The molecule has 1 aliphatic carbocycles. The Morgan fingerprint density at radius 3 is 2.67 bits per heavy atom. The highest BCUT2D eigenvalue weighted by atomic mass is 16.1. The summed E-state index contributed by atoms with van der Waals surface area (Å²) in [4.78, 5) is 22.0. The van der Waals surface area contributed by atoms with Crippen LogP contribution in [0, 0.1) is 11.8 Å². The van der Waals surface area contributed by atoms with E-state index in [0.29, 0.717) is 19.3 Å². The first-order valence-electron chi connectivity index (χ1n) is 4.32. The molecule has 12 heavy (non-hydrogen) atoms. The van der Waals surface area contributed by atoms with Crippen molar-refractivity contribution in [3.63, 3.8) is 0 Å². The molecule has 0 aromatic carbocycles. The van der Waals surface area contributed by atoms with Gasteiger partial charge in [0.15, 0.2) is 0 Å². The van der Waals surface area contributed by atoms with E-state index in [1.807, 2.05) is 0 Å². The fourth-order valence-corrected chi connectivity index (χ4v) is 1.14. The summed E-state index contributed by atoms with van der Waals surface area (Å²) >= 11 is 0. The topological polar surface area (TPSA) is 34.1 Å². The van der Waals surface area contributed by atoms with E-state index in [1.54, 1.807) is 0 Å². The first-order valence-corrected chi connectivity index (χ1v) is 4.32. The number of ketones is 2. The van der Waals surface area contributed by atoms with Crippen LogP contribution in [0.25, 0.3) is 0 Å². The van der Waals surface area contributed by atoms with Gasteiger partial charge in [0.2, 0.25) is 5.78 Å². The lowest BCUT2D eigenvalue weighted by atomic mass is 10.0. The van der Waals surface area contributed by atoms with E-state index in [2.05, 4.69) is 11.8 Å². The smallest absolute Gasteiger partial charge is 0.205 e. The Morgan fingerprint density at radius 1 is 1.00 bits per heavy atom. The summed E-state index contributed by atoms with van der Waals surface area (Å²) in [5.74, 6) is 5.45. The van der Waals surface area contributed by atoms with Crippen LogP contribution in [0.2, 0.25) is 0 Å². The maximum Gasteiger partial charge on any atom is 0.205 e. The predicted molar refractivity (Wildman–Crippen MR) is 45.5 cm³/mol. The third-order valence-corrected chi connectivity index (χ3v) is 1.87. The molecule has 1 rings (SSSR count). The normalized spacial score (nSPS) is 19.7. The minimum atomic E-state index is -0.0924. The SMILES string of the molecule is O=C1C#CCCCCC(=O)CC1. The third-order valence-electron chi connectivity index (χ3n) is 1.87. The lowest BCUT2D eigenvalue weighted by molar-refractivity contribution is -0.122. The maximum atomic E-state index is 11.0. The van der Waals surface area contributed by atoms with E-state index in [9.17, 15) is 9.59 Å². The number of Topliss-reactive ketones (excluding diaryl/α,β-unsaturated/α-hetero) is 2. The Hall–Kier alpha value is -1.10. The van der Waals surface area contributed by atoms with E-state index < -0.39 is 0 Å². The van der Waals surface area contributed by atoms with Crippen LogP contribution in [0.5, 0.6) is 0 Å². The van der Waals surface area contributed by atoms with Crippen molar-refractivity contribution < 1.29 is 9.59 Å². The van der Waals surface area contributed by atoms with Gasteiger partial charge in [-0.3, -0.25) is 9.59 Å². The summed E-state index contributed by atoms with van der Waals surface area (Å²) in [5, 5.41) is 0. The molecule has 0 aromatic heterocycles. The second kappa shape index (κ2) is 4.71. The standard InChI is InChI=1S/C10H12O2/c11-9-5-3-1-2-4-6-10(12)8-7-9/h1-3,5,7-8H2. The first-order chi connectivity index (χ1) is 5.79. The van der Waals surface area contributed by atoms with Gasteiger partial charge in [0.05, 0.1) is 0 Å². The predicted octanol–water partition coefficient (Wildman–Crippen LogP) is 1.48. The maximum absolute atomic E-state index is 11.0. The molecule has 0 aliphatic heterocycles. The molecule has 0 aromatic rings. The van der Waals surface area contributed by atoms with Gasteiger partial charge in [0, 0.05) is 25.7 Å². The number of hydrogen-bond acceptors (Lipinski definition) is 2. The number of carbonyl (C=O) groups is 2. The van der Waals surface area contributed by atoms with Crippen molar-refractivity contribution in [3.8, 4) is 11.8 Å². The van der Waals surface area contributed by atoms with Gasteiger partial charge in [-0.25, -0.2) is 0 Å². The van der Waals surface area contributed by atoms with E-state index in [4.69, 9.17) is 0 Å². The molecule has 0 saturated heterocycles. The van der Waals surface area contributed by atoms with Gasteiger partial charge in [-0.05, 0) is 18.8 Å². The molecule has 2 nitrogen and oxygen atoms in total. The van der Waals surface area contributed by atoms with E-state index in [1.165, 1.54) is 0 Å². The molecule has 0 spiro atoms. The van der Waals surface area contributed by atoms with Crippen LogP contribution in [-0.2, 0) is 9.59 Å². The highest BCUT2D eigenvalue weighted by Crippen LogP contribution is 2.05. The largest absolute Gasteiger partial charge is 0.300 e. The summed E-state index contributed by atoms with van der Waals surface area (Å²) in [5.41, 5.74) is 0. The van der Waals surface area contributed by atoms with E-state index in [-0.39, 0.29) is 11.6 Å². The van der Waals surface area contributed by atoms with Crippen LogP contribution >= 0.6 is 0 Å². The van der Waals surface area contributed by atoms with Crippen LogP contribution in [-0.4, -0.2) is 11.6 Å². The van der Waals surface area contributed by atoms with Crippen molar-refractivity contribution in [2.24, 2.45) is 0 Å². The molecule has 0 N–H and O–H groups in total. The van der Waals surface area contributed by atoms with Crippen molar-refractivity contribution in [2.45, 2.75) is 38.5 Å². The molecule has 0 heterocycles. The van der Waals surface area contributed by atoms with Gasteiger partial charge in [0.1, 0.15) is 5.78 Å². The number of hydrogen-bond donors (Lipinski definition) is 0. The average molecular weight is 164 g/mol. The van der Waals surface area contributed by atoms with Gasteiger partial charge >= 0.3 is 0 Å². The van der Waals surface area contributed by atoms with Gasteiger partial charge in [-0.1, -0.05) is 5.92 Å². The summed E-state index contributed by atoms with van der Waals surface area (Å²) < 4.78 is 0. The van der Waals surface area contributed by atoms with Gasteiger partial charge < -0.3 is 0 Å². The lowest BCUT2D eigenvalue weighted by Gasteiger charge is -1.99. The molecule has 0 radical (unpaired) electrons. The molecule has 0 fully saturated rings. The van der Waals surface area contributed by atoms with Crippen LogP contribution in [0.1, 0.15) is 38.5 Å². The quantitative estimate of drug-likeness (QED) is 0.401. The minimum Gasteiger partial charge on any atom is -0.300 e. The summed E-state index contributed by atoms with van der Waals surface area (Å²) in [7, 11) is 0. The Bertz CT molecular complexity index is 242. The molecular weight excluding hydrogens is 152 g/mol. The van der Waals surface area contributed by atoms with Crippen molar-refractivity contribution in [1.82, 2.24) is 0 Å². The fraction of sp³-hybridized carbons (Fsp3) is 0.600. The number of rotatable bonds is 0. The van der Waals surface area contributed by atoms with Gasteiger partial charge in [-0.2, -0.15) is 0 Å². The molecule has 0 bridgehead atoms. The summed E-state index contributed by atoms with van der Waals surface area (Å²) in [6, 6.07) is 0. The van der Waals surface area contributed by atoms with Gasteiger partial charge in [0.25, 0.3) is 0 Å². The second-order valence-electron chi connectivity index (χ2n) is 2.97. The Morgan fingerprint density at radius 2 is 1.83 bits per heavy atom. The third kappa shape index (κ3) is 3.34. The zero-order valence-electron chi connectivity index (χ0n) is 7.06. The van der Waals surface area contributed by atoms with Crippen molar-refractivity contribution in [1.29, 1.82) is 0 Å². The molecule has 1 aliphatic rings. The highest BCUT2D eigenvalue weighted by molar-refractivity contribution is 5.97. The molecular formula is C10H12O2. The summed E-state index contributed by atoms with van der Waals surface area (Å²) in [6.07, 6.45) is 3.92.